The van der Waals surface area contributed by atoms with Gasteiger partial charge in [0, 0.05) is 10.9 Å². The van der Waals surface area contributed by atoms with E-state index in [1.165, 1.54) is 21.8 Å². The highest BCUT2D eigenvalue weighted by atomic mass is 32.1. The molecule has 0 radical (unpaired) electrons. The number of anilines is 2. The number of aryl methyl sites for hydroxylation is 1. The average Bonchev–Trinajstić information content (AvgIpc) is 3.10. The van der Waals surface area contributed by atoms with Crippen molar-refractivity contribution in [1.82, 2.24) is 0 Å². The van der Waals surface area contributed by atoms with Gasteiger partial charge < -0.3 is 10.2 Å². The zero-order chi connectivity index (χ0) is 19.3. The Morgan fingerprint density at radius 3 is 2.86 bits per heavy atom. The number of nitrogens with one attached hydrogen (secondary N) is 3. The summed E-state index contributed by atoms with van der Waals surface area (Å²) >= 11 is 1.60. The number of carbonyl (C=O) groups is 1. The molecule has 0 saturated carbocycles. The molecule has 28 heavy (non-hydrogen) atoms. The summed E-state index contributed by atoms with van der Waals surface area (Å²) in [4.78, 5) is 20.9. The van der Waals surface area contributed by atoms with Crippen molar-refractivity contribution >= 4 is 28.1 Å². The Bertz CT molecular complexity index is 865. The second-order valence-corrected chi connectivity index (χ2v) is 8.67. The van der Waals surface area contributed by atoms with E-state index >= 15 is 0 Å². The number of nitrogens with zero attached hydrogens (tertiary/aromatic N) is 2. The summed E-state index contributed by atoms with van der Waals surface area (Å²) < 4.78 is 0. The van der Waals surface area contributed by atoms with Crippen molar-refractivity contribution in [2.24, 2.45) is 0 Å². The number of H-pyrrole nitrogens is 1. The fourth-order valence-electron chi connectivity index (χ4n) is 4.15. The van der Waals surface area contributed by atoms with Crippen LogP contribution in [0.3, 0.4) is 0 Å². The summed E-state index contributed by atoms with van der Waals surface area (Å²) in [5.41, 5.74) is 1.88. The Morgan fingerprint density at radius 2 is 2.11 bits per heavy atom. The van der Waals surface area contributed by atoms with Crippen molar-refractivity contribution in [3.63, 3.8) is 0 Å². The van der Waals surface area contributed by atoms with Crippen molar-refractivity contribution in [3.05, 3.63) is 40.4 Å². The molecule has 1 aliphatic heterocycles. The molecule has 6 nitrogen and oxygen atoms in total. The third kappa shape index (κ3) is 4.18. The summed E-state index contributed by atoms with van der Waals surface area (Å²) in [5.74, 6) is 1.19. The Kier molecular flexibility index (Phi) is 5.89. The van der Waals surface area contributed by atoms with Gasteiger partial charge in [0.2, 0.25) is 5.91 Å². The second kappa shape index (κ2) is 8.72. The summed E-state index contributed by atoms with van der Waals surface area (Å²) in [5, 5.41) is 13.3. The fourth-order valence-corrected chi connectivity index (χ4v) is 5.40. The van der Waals surface area contributed by atoms with Gasteiger partial charge >= 0.3 is 0 Å². The first-order chi connectivity index (χ1) is 13.7. The minimum absolute atomic E-state index is 0.0291. The molecule has 146 valence electrons. The van der Waals surface area contributed by atoms with E-state index in [0.717, 1.165) is 62.8 Å². The smallest absolute Gasteiger partial charge is 0.274 e. The number of aromatic nitrogens is 1. The van der Waals surface area contributed by atoms with Gasteiger partial charge in [-0.05, 0) is 37.3 Å². The molecule has 1 amide bonds. The van der Waals surface area contributed by atoms with Gasteiger partial charge in [0.15, 0.2) is 0 Å². The third-order valence-electron chi connectivity index (χ3n) is 5.75. The van der Waals surface area contributed by atoms with Gasteiger partial charge in [-0.25, -0.2) is 4.98 Å². The predicted octanol–water partition coefficient (Wildman–Crippen LogP) is 1.05. The van der Waals surface area contributed by atoms with Crippen LogP contribution in [-0.4, -0.2) is 38.6 Å². The van der Waals surface area contributed by atoms with E-state index in [1.807, 2.05) is 18.3 Å². The molecule has 4 rings (SSSR count). The standard InChI is InChI=1S/C21H25N5OS/c22-15-17-16-5-1-2-6-18(16)28-21(17)24-20(27)8-10-25-11-13-26(14-12-25)19-7-3-4-9-23-19/h3-4,7,9H,1-2,5-6,8,10-14H2,(H,24,27)/p+2. The SMILES string of the molecule is N#Cc1c(NC(=O)CC[NH+]2CCN(c3cccc[nH+]3)CC2)sc2c1CCCC2. The van der Waals surface area contributed by atoms with Crippen molar-refractivity contribution < 1.29 is 14.7 Å². The molecular weight excluding hydrogens is 370 g/mol. The molecule has 1 fully saturated rings. The van der Waals surface area contributed by atoms with Gasteiger partial charge in [0.1, 0.15) is 37.2 Å². The van der Waals surface area contributed by atoms with Crippen LogP contribution in [0.25, 0.3) is 0 Å². The Labute approximate surface area is 169 Å². The van der Waals surface area contributed by atoms with Crippen LogP contribution in [0, 0.1) is 11.3 Å². The first kappa shape index (κ1) is 18.9. The number of amides is 1. The zero-order valence-electron chi connectivity index (χ0n) is 16.1. The third-order valence-corrected chi connectivity index (χ3v) is 6.95. The number of aromatic amines is 1. The summed E-state index contributed by atoms with van der Waals surface area (Å²) in [7, 11) is 0. The van der Waals surface area contributed by atoms with E-state index in [1.54, 1.807) is 11.3 Å². The van der Waals surface area contributed by atoms with Gasteiger partial charge in [-0.15, -0.1) is 11.3 Å². The van der Waals surface area contributed by atoms with E-state index < -0.39 is 0 Å². The van der Waals surface area contributed by atoms with E-state index in [2.05, 4.69) is 27.3 Å². The lowest BCUT2D eigenvalue weighted by Crippen LogP contribution is -3.15. The lowest BCUT2D eigenvalue weighted by molar-refractivity contribution is -0.900. The van der Waals surface area contributed by atoms with Crippen LogP contribution >= 0.6 is 11.3 Å². The number of nitriles is 1. The first-order valence-electron chi connectivity index (χ1n) is 10.1. The van der Waals surface area contributed by atoms with Gasteiger partial charge in [-0.3, -0.25) is 9.69 Å². The van der Waals surface area contributed by atoms with E-state index in [4.69, 9.17) is 0 Å². The molecule has 0 bridgehead atoms. The van der Waals surface area contributed by atoms with Crippen LogP contribution in [0.4, 0.5) is 10.8 Å². The van der Waals surface area contributed by atoms with Crippen molar-refractivity contribution in [3.8, 4) is 6.07 Å². The van der Waals surface area contributed by atoms with Crippen LogP contribution in [0.5, 0.6) is 0 Å². The molecule has 2 aromatic heterocycles. The minimum atomic E-state index is 0.0291. The van der Waals surface area contributed by atoms with E-state index in [-0.39, 0.29) is 5.91 Å². The molecule has 0 atom stereocenters. The number of pyridine rings is 1. The topological polar surface area (TPSA) is 74.7 Å². The summed E-state index contributed by atoms with van der Waals surface area (Å²) in [6, 6.07) is 8.46. The molecule has 3 N–H and O–H groups in total. The number of rotatable bonds is 5. The zero-order valence-corrected chi connectivity index (χ0v) is 16.9. The minimum Gasteiger partial charge on any atom is -0.328 e. The second-order valence-electron chi connectivity index (χ2n) is 7.56. The highest BCUT2D eigenvalue weighted by Crippen LogP contribution is 2.37. The fraction of sp³-hybridized carbons (Fsp3) is 0.476. The quantitative estimate of drug-likeness (QED) is 0.792. The molecule has 0 aromatic carbocycles. The number of thiophene rings is 1. The highest BCUT2D eigenvalue weighted by molar-refractivity contribution is 7.16. The Morgan fingerprint density at radius 1 is 1.29 bits per heavy atom. The maximum absolute atomic E-state index is 12.5. The normalized spacial score (nSPS) is 17.0. The predicted molar refractivity (Wildman–Crippen MR) is 110 cm³/mol. The van der Waals surface area contributed by atoms with E-state index in [9.17, 15) is 10.1 Å². The number of fused-ring (bicyclic) bond motifs is 1. The van der Waals surface area contributed by atoms with Crippen LogP contribution in [0.15, 0.2) is 24.4 Å². The molecule has 1 saturated heterocycles. The van der Waals surface area contributed by atoms with Gasteiger partial charge in [-0.1, -0.05) is 6.07 Å². The number of piperazine rings is 1. The Hall–Kier alpha value is -2.43. The Balaban J connectivity index is 1.27. The number of hydrogen-bond donors (Lipinski definition) is 2. The number of hydrogen-bond acceptors (Lipinski definition) is 4. The molecule has 7 heteroatoms. The maximum Gasteiger partial charge on any atom is 0.274 e. The first-order valence-corrected chi connectivity index (χ1v) is 11.0. The largest absolute Gasteiger partial charge is 0.328 e. The molecular formula is C21H27N5OS+2. The number of carbonyl (C=O) groups excluding carboxylic acids is 1. The molecule has 0 spiro atoms. The van der Waals surface area contributed by atoms with Crippen LogP contribution in [0.1, 0.15) is 35.3 Å². The monoisotopic (exact) mass is 397 g/mol. The van der Waals surface area contributed by atoms with Crippen molar-refractivity contribution in [2.45, 2.75) is 32.1 Å². The number of quaternary nitrogens is 1. The van der Waals surface area contributed by atoms with Gasteiger partial charge in [-0.2, -0.15) is 5.26 Å². The lowest BCUT2D eigenvalue weighted by atomic mass is 9.96. The van der Waals surface area contributed by atoms with E-state index in [0.29, 0.717) is 12.0 Å². The maximum atomic E-state index is 12.5. The summed E-state index contributed by atoms with van der Waals surface area (Å²) in [6.07, 6.45) is 6.79. The van der Waals surface area contributed by atoms with Gasteiger partial charge in [0.25, 0.3) is 5.82 Å². The lowest BCUT2D eigenvalue weighted by Gasteiger charge is -2.28. The van der Waals surface area contributed by atoms with Crippen LogP contribution in [0.2, 0.25) is 0 Å². The molecule has 2 aromatic rings. The van der Waals surface area contributed by atoms with Gasteiger partial charge in [0.05, 0.1) is 24.7 Å². The molecule has 3 heterocycles. The summed E-state index contributed by atoms with van der Waals surface area (Å²) in [6.45, 7) is 4.89. The highest BCUT2D eigenvalue weighted by Gasteiger charge is 2.26. The van der Waals surface area contributed by atoms with Crippen LogP contribution < -0.4 is 20.1 Å². The average molecular weight is 398 g/mol. The molecule has 1 aliphatic carbocycles. The molecule has 2 aliphatic rings. The van der Waals surface area contributed by atoms with Crippen molar-refractivity contribution in [2.75, 3.05) is 42.9 Å². The van der Waals surface area contributed by atoms with Crippen LogP contribution in [-0.2, 0) is 17.6 Å². The van der Waals surface area contributed by atoms with Crippen molar-refractivity contribution in [1.29, 1.82) is 5.26 Å². The molecule has 0 unspecified atom stereocenters.